The molecule has 94 valence electrons. The molecule has 5 heteroatoms. The zero-order chi connectivity index (χ0) is 12.8. The molecule has 1 unspecified atom stereocenters. The number of amides is 1. The number of rotatable bonds is 3. The minimum atomic E-state index is -0.430. The van der Waals surface area contributed by atoms with Crippen LogP contribution in [0.4, 0.5) is 4.79 Å². The van der Waals surface area contributed by atoms with Gasteiger partial charge >= 0.3 is 6.09 Å². The summed E-state index contributed by atoms with van der Waals surface area (Å²) in [5.41, 5.74) is 0.931. The van der Waals surface area contributed by atoms with Crippen molar-refractivity contribution in [2.24, 2.45) is 4.99 Å². The molecular formula is C13H14N2O3. The van der Waals surface area contributed by atoms with Gasteiger partial charge in [-0.15, -0.1) is 0 Å². The standard InChI is InChI=1S/C13H14N2O3/c16-10-14-12-7-4-8-15(12)13(17)18-9-11-5-2-1-3-6-11/h1-3,5-6,12H,4,7-9H2. The highest BCUT2D eigenvalue weighted by atomic mass is 16.6. The van der Waals surface area contributed by atoms with Crippen LogP contribution in [-0.4, -0.2) is 29.8 Å². The molecule has 1 aliphatic heterocycles. The van der Waals surface area contributed by atoms with Crippen molar-refractivity contribution >= 4 is 12.2 Å². The minimum Gasteiger partial charge on any atom is -0.444 e. The lowest BCUT2D eigenvalue weighted by molar-refractivity contribution is 0.0933. The second kappa shape index (κ2) is 5.98. The Balaban J connectivity index is 1.90. The largest absolute Gasteiger partial charge is 0.444 e. The number of aliphatic imine (C=N–C) groups is 1. The van der Waals surface area contributed by atoms with E-state index in [2.05, 4.69) is 4.99 Å². The van der Waals surface area contributed by atoms with E-state index in [1.807, 2.05) is 30.3 Å². The Bertz CT molecular complexity index is 455. The van der Waals surface area contributed by atoms with E-state index in [9.17, 15) is 9.59 Å². The molecule has 18 heavy (non-hydrogen) atoms. The van der Waals surface area contributed by atoms with Crippen LogP contribution in [0.25, 0.3) is 0 Å². The Morgan fingerprint density at radius 3 is 2.94 bits per heavy atom. The lowest BCUT2D eigenvalue weighted by Crippen LogP contribution is -2.34. The Morgan fingerprint density at radius 1 is 1.44 bits per heavy atom. The van der Waals surface area contributed by atoms with Gasteiger partial charge in [-0.05, 0) is 18.4 Å². The third kappa shape index (κ3) is 2.96. The molecule has 0 aliphatic carbocycles. The first-order valence-electron chi connectivity index (χ1n) is 5.85. The van der Waals surface area contributed by atoms with Gasteiger partial charge in [0.1, 0.15) is 12.8 Å². The topological polar surface area (TPSA) is 59.0 Å². The first-order valence-corrected chi connectivity index (χ1v) is 5.85. The molecule has 1 amide bonds. The average molecular weight is 246 g/mol. The van der Waals surface area contributed by atoms with Crippen LogP contribution in [0.2, 0.25) is 0 Å². The molecule has 0 aromatic heterocycles. The number of likely N-dealkylation sites (tertiary alicyclic amines) is 1. The predicted molar refractivity (Wildman–Crippen MR) is 64.5 cm³/mol. The summed E-state index contributed by atoms with van der Waals surface area (Å²) in [4.78, 5) is 27.1. The molecule has 2 rings (SSSR count). The van der Waals surface area contributed by atoms with Crippen LogP contribution in [-0.2, 0) is 16.1 Å². The van der Waals surface area contributed by atoms with Gasteiger partial charge in [0.05, 0.1) is 0 Å². The molecule has 0 bridgehead atoms. The van der Waals surface area contributed by atoms with Gasteiger partial charge in [-0.2, -0.15) is 4.99 Å². The van der Waals surface area contributed by atoms with E-state index < -0.39 is 12.3 Å². The summed E-state index contributed by atoms with van der Waals surface area (Å²) in [6.07, 6.45) is 2.17. The number of hydrogen-bond donors (Lipinski definition) is 0. The van der Waals surface area contributed by atoms with Gasteiger partial charge in [-0.1, -0.05) is 30.3 Å². The fourth-order valence-electron chi connectivity index (χ4n) is 1.96. The van der Waals surface area contributed by atoms with Crippen molar-refractivity contribution < 1.29 is 14.3 Å². The van der Waals surface area contributed by atoms with Crippen molar-refractivity contribution in [1.29, 1.82) is 0 Å². The number of ether oxygens (including phenoxy) is 1. The number of nitrogens with zero attached hydrogens (tertiary/aromatic N) is 2. The maximum Gasteiger partial charge on any atom is 0.411 e. The molecule has 1 aromatic rings. The number of carbonyl (C=O) groups excluding carboxylic acids is 2. The first kappa shape index (κ1) is 12.3. The van der Waals surface area contributed by atoms with E-state index in [-0.39, 0.29) is 6.61 Å². The molecule has 0 radical (unpaired) electrons. The molecule has 0 spiro atoms. The fraction of sp³-hybridized carbons (Fsp3) is 0.385. The summed E-state index contributed by atoms with van der Waals surface area (Å²) < 4.78 is 5.19. The molecule has 0 N–H and O–H groups in total. The summed E-state index contributed by atoms with van der Waals surface area (Å²) in [5.74, 6) is 0. The summed E-state index contributed by atoms with van der Waals surface area (Å²) in [6.45, 7) is 0.803. The summed E-state index contributed by atoms with van der Waals surface area (Å²) in [7, 11) is 0. The van der Waals surface area contributed by atoms with Crippen molar-refractivity contribution in [1.82, 2.24) is 4.90 Å². The van der Waals surface area contributed by atoms with Crippen molar-refractivity contribution in [2.45, 2.75) is 25.6 Å². The maximum absolute atomic E-state index is 11.8. The molecule has 5 nitrogen and oxygen atoms in total. The zero-order valence-corrected chi connectivity index (χ0v) is 9.91. The minimum absolute atomic E-state index is 0.230. The van der Waals surface area contributed by atoms with Gasteiger partial charge in [0.15, 0.2) is 0 Å². The van der Waals surface area contributed by atoms with Gasteiger partial charge in [0, 0.05) is 6.54 Å². The molecular weight excluding hydrogens is 232 g/mol. The van der Waals surface area contributed by atoms with E-state index in [0.29, 0.717) is 13.0 Å². The normalized spacial score (nSPS) is 18.2. The number of benzene rings is 1. The number of carbonyl (C=O) groups is 1. The molecule has 1 aliphatic rings. The Hall–Kier alpha value is -2.13. The number of hydrogen-bond acceptors (Lipinski definition) is 4. The number of isocyanates is 1. The fourth-order valence-corrected chi connectivity index (χ4v) is 1.96. The van der Waals surface area contributed by atoms with Gasteiger partial charge in [-0.3, -0.25) is 4.90 Å². The summed E-state index contributed by atoms with van der Waals surface area (Å²) in [6, 6.07) is 9.45. The highest BCUT2D eigenvalue weighted by Crippen LogP contribution is 2.19. The SMILES string of the molecule is O=C=NC1CCCN1C(=O)OCc1ccccc1. The Morgan fingerprint density at radius 2 is 2.22 bits per heavy atom. The van der Waals surface area contributed by atoms with Gasteiger partial charge in [0.25, 0.3) is 0 Å². The van der Waals surface area contributed by atoms with Gasteiger partial charge < -0.3 is 4.74 Å². The molecule has 1 heterocycles. The van der Waals surface area contributed by atoms with E-state index in [0.717, 1.165) is 12.0 Å². The second-order valence-electron chi connectivity index (χ2n) is 4.08. The van der Waals surface area contributed by atoms with Crippen molar-refractivity contribution in [3.05, 3.63) is 35.9 Å². The van der Waals surface area contributed by atoms with E-state index in [1.54, 1.807) is 0 Å². The zero-order valence-electron chi connectivity index (χ0n) is 9.91. The molecule has 1 aromatic carbocycles. The van der Waals surface area contributed by atoms with Crippen LogP contribution in [0, 0.1) is 0 Å². The van der Waals surface area contributed by atoms with Crippen molar-refractivity contribution in [3.63, 3.8) is 0 Å². The van der Waals surface area contributed by atoms with Crippen LogP contribution >= 0.6 is 0 Å². The van der Waals surface area contributed by atoms with Crippen LogP contribution in [0.3, 0.4) is 0 Å². The van der Waals surface area contributed by atoms with E-state index in [1.165, 1.54) is 11.0 Å². The van der Waals surface area contributed by atoms with Crippen molar-refractivity contribution in [2.75, 3.05) is 6.54 Å². The van der Waals surface area contributed by atoms with E-state index in [4.69, 9.17) is 4.74 Å². The lowest BCUT2D eigenvalue weighted by atomic mass is 10.2. The Labute approximate surface area is 105 Å². The Kier molecular flexibility index (Phi) is 4.10. The lowest BCUT2D eigenvalue weighted by Gasteiger charge is -2.19. The smallest absolute Gasteiger partial charge is 0.411 e. The van der Waals surface area contributed by atoms with Crippen molar-refractivity contribution in [3.8, 4) is 0 Å². The van der Waals surface area contributed by atoms with Crippen LogP contribution < -0.4 is 0 Å². The monoisotopic (exact) mass is 246 g/mol. The average Bonchev–Trinajstić information content (AvgIpc) is 2.86. The third-order valence-corrected chi connectivity index (χ3v) is 2.86. The molecule has 0 saturated carbocycles. The first-order chi connectivity index (χ1) is 8.81. The van der Waals surface area contributed by atoms with Crippen LogP contribution in [0.5, 0.6) is 0 Å². The van der Waals surface area contributed by atoms with E-state index >= 15 is 0 Å². The molecule has 1 atom stereocenters. The van der Waals surface area contributed by atoms with Gasteiger partial charge in [0.2, 0.25) is 6.08 Å². The third-order valence-electron chi connectivity index (χ3n) is 2.86. The molecule has 1 saturated heterocycles. The maximum atomic E-state index is 11.8. The molecule has 1 fully saturated rings. The van der Waals surface area contributed by atoms with Crippen LogP contribution in [0.15, 0.2) is 35.3 Å². The summed E-state index contributed by atoms with van der Waals surface area (Å²) in [5, 5.41) is 0. The quantitative estimate of drug-likeness (QED) is 0.606. The highest BCUT2D eigenvalue weighted by molar-refractivity contribution is 5.68. The highest BCUT2D eigenvalue weighted by Gasteiger charge is 2.29. The van der Waals surface area contributed by atoms with Crippen LogP contribution in [0.1, 0.15) is 18.4 Å². The second-order valence-corrected chi connectivity index (χ2v) is 4.08. The van der Waals surface area contributed by atoms with Gasteiger partial charge in [-0.25, -0.2) is 9.59 Å². The predicted octanol–water partition coefficient (Wildman–Crippen LogP) is 2.08. The summed E-state index contributed by atoms with van der Waals surface area (Å²) >= 11 is 0.